The smallest absolute Gasteiger partial charge is 0.338 e. The van der Waals surface area contributed by atoms with Gasteiger partial charge < -0.3 is 9.30 Å². The SMILES string of the molecule is CCCOC(=O)c1cccc(Cn2ccc3cc(Br)ccc32)c1. The van der Waals surface area contributed by atoms with E-state index in [0.29, 0.717) is 12.2 Å². The predicted octanol–water partition coefficient (Wildman–Crippen LogP) is 5.02. The van der Waals surface area contributed by atoms with Crippen LogP contribution in [0.25, 0.3) is 10.9 Å². The van der Waals surface area contributed by atoms with Gasteiger partial charge in [-0.3, -0.25) is 0 Å². The summed E-state index contributed by atoms with van der Waals surface area (Å²) in [5, 5.41) is 1.19. The molecule has 4 heteroatoms. The number of hydrogen-bond acceptors (Lipinski definition) is 2. The summed E-state index contributed by atoms with van der Waals surface area (Å²) >= 11 is 3.49. The molecular formula is C19H18BrNO2. The molecule has 0 radical (unpaired) electrons. The lowest BCUT2D eigenvalue weighted by atomic mass is 10.1. The van der Waals surface area contributed by atoms with Gasteiger partial charge in [0.25, 0.3) is 0 Å². The molecule has 0 atom stereocenters. The standard InChI is InChI=1S/C19H18BrNO2/c1-2-10-23-19(22)16-5-3-4-14(11-16)13-21-9-8-15-12-17(20)6-7-18(15)21/h3-9,11-12H,2,10,13H2,1H3. The van der Waals surface area contributed by atoms with Crippen molar-refractivity contribution in [3.8, 4) is 0 Å². The Kier molecular flexibility index (Phi) is 4.82. The Labute approximate surface area is 144 Å². The number of carbonyl (C=O) groups excluding carboxylic acids is 1. The van der Waals surface area contributed by atoms with Gasteiger partial charge in [0, 0.05) is 28.1 Å². The van der Waals surface area contributed by atoms with Gasteiger partial charge in [0.05, 0.1) is 12.2 Å². The Balaban J connectivity index is 1.83. The summed E-state index contributed by atoms with van der Waals surface area (Å²) in [6.07, 6.45) is 2.90. The predicted molar refractivity (Wildman–Crippen MR) is 95.8 cm³/mol. The number of halogens is 1. The molecular weight excluding hydrogens is 354 g/mol. The lowest BCUT2D eigenvalue weighted by Gasteiger charge is -2.08. The highest BCUT2D eigenvalue weighted by atomic mass is 79.9. The van der Waals surface area contributed by atoms with Gasteiger partial charge in [-0.05, 0) is 48.4 Å². The lowest BCUT2D eigenvalue weighted by Crippen LogP contribution is -2.07. The van der Waals surface area contributed by atoms with Crippen LogP contribution in [0.5, 0.6) is 0 Å². The van der Waals surface area contributed by atoms with Crippen LogP contribution in [0.3, 0.4) is 0 Å². The number of aromatic nitrogens is 1. The first kappa shape index (κ1) is 15.8. The van der Waals surface area contributed by atoms with Gasteiger partial charge >= 0.3 is 5.97 Å². The number of carbonyl (C=O) groups is 1. The zero-order chi connectivity index (χ0) is 16.2. The van der Waals surface area contributed by atoms with Crippen LogP contribution < -0.4 is 0 Å². The molecule has 23 heavy (non-hydrogen) atoms. The maximum Gasteiger partial charge on any atom is 0.338 e. The molecule has 0 saturated heterocycles. The maximum absolute atomic E-state index is 12.0. The third-order valence-electron chi connectivity index (χ3n) is 3.69. The molecule has 0 aliphatic carbocycles. The minimum atomic E-state index is -0.255. The first-order chi connectivity index (χ1) is 11.2. The summed E-state index contributed by atoms with van der Waals surface area (Å²) < 4.78 is 8.45. The number of fused-ring (bicyclic) bond motifs is 1. The van der Waals surface area contributed by atoms with Gasteiger partial charge in [0.1, 0.15) is 0 Å². The van der Waals surface area contributed by atoms with Crippen molar-refractivity contribution in [1.82, 2.24) is 4.57 Å². The molecule has 0 spiro atoms. The number of nitrogens with zero attached hydrogens (tertiary/aromatic N) is 1. The molecule has 2 aromatic carbocycles. The van der Waals surface area contributed by atoms with Crippen molar-refractivity contribution in [2.24, 2.45) is 0 Å². The Morgan fingerprint density at radius 1 is 1.17 bits per heavy atom. The Morgan fingerprint density at radius 3 is 2.87 bits per heavy atom. The first-order valence-corrected chi connectivity index (χ1v) is 8.47. The summed E-state index contributed by atoms with van der Waals surface area (Å²) in [6.45, 7) is 3.17. The van der Waals surface area contributed by atoms with Gasteiger partial charge in [0.2, 0.25) is 0 Å². The highest BCUT2D eigenvalue weighted by Gasteiger charge is 2.08. The van der Waals surface area contributed by atoms with Crippen molar-refractivity contribution >= 4 is 32.8 Å². The van der Waals surface area contributed by atoms with Gasteiger partial charge in [-0.1, -0.05) is 35.0 Å². The molecule has 0 saturated carbocycles. The molecule has 0 amide bonds. The topological polar surface area (TPSA) is 31.2 Å². The Hall–Kier alpha value is -2.07. The van der Waals surface area contributed by atoms with Gasteiger partial charge in [-0.15, -0.1) is 0 Å². The molecule has 0 bridgehead atoms. The molecule has 3 rings (SSSR count). The lowest BCUT2D eigenvalue weighted by molar-refractivity contribution is 0.0505. The second-order valence-corrected chi connectivity index (χ2v) is 6.40. The first-order valence-electron chi connectivity index (χ1n) is 7.68. The van der Waals surface area contributed by atoms with Gasteiger partial charge in [0.15, 0.2) is 0 Å². The fourth-order valence-electron chi connectivity index (χ4n) is 2.58. The zero-order valence-electron chi connectivity index (χ0n) is 13.0. The van der Waals surface area contributed by atoms with Crippen LogP contribution in [0.4, 0.5) is 0 Å². The van der Waals surface area contributed by atoms with Crippen LogP contribution in [-0.4, -0.2) is 17.1 Å². The molecule has 3 aromatic rings. The van der Waals surface area contributed by atoms with E-state index in [4.69, 9.17) is 4.74 Å². The van der Waals surface area contributed by atoms with Crippen molar-refractivity contribution < 1.29 is 9.53 Å². The Bertz CT molecular complexity index is 838. The molecule has 0 aliphatic heterocycles. The summed E-state index contributed by atoms with van der Waals surface area (Å²) in [4.78, 5) is 12.0. The summed E-state index contributed by atoms with van der Waals surface area (Å²) in [5.74, 6) is -0.255. The number of ether oxygens (including phenoxy) is 1. The summed E-state index contributed by atoms with van der Waals surface area (Å²) in [5.41, 5.74) is 2.86. The van der Waals surface area contributed by atoms with Crippen molar-refractivity contribution in [2.75, 3.05) is 6.61 Å². The van der Waals surface area contributed by atoms with Gasteiger partial charge in [-0.25, -0.2) is 4.79 Å². The van der Waals surface area contributed by atoms with E-state index >= 15 is 0 Å². The molecule has 0 N–H and O–H groups in total. The minimum Gasteiger partial charge on any atom is -0.462 e. The van der Waals surface area contributed by atoms with Crippen molar-refractivity contribution in [2.45, 2.75) is 19.9 Å². The van der Waals surface area contributed by atoms with Crippen LogP contribution in [0, 0.1) is 0 Å². The third kappa shape index (κ3) is 3.64. The third-order valence-corrected chi connectivity index (χ3v) is 4.18. The number of rotatable bonds is 5. The highest BCUT2D eigenvalue weighted by molar-refractivity contribution is 9.10. The van der Waals surface area contributed by atoms with Gasteiger partial charge in [-0.2, -0.15) is 0 Å². The van der Waals surface area contributed by atoms with Crippen molar-refractivity contribution in [3.05, 3.63) is 70.3 Å². The molecule has 0 aliphatic rings. The summed E-state index contributed by atoms with van der Waals surface area (Å²) in [6, 6.07) is 16.0. The fourth-order valence-corrected chi connectivity index (χ4v) is 2.96. The average molecular weight is 372 g/mol. The van der Waals surface area contributed by atoms with E-state index < -0.39 is 0 Å². The van der Waals surface area contributed by atoms with E-state index in [1.54, 1.807) is 6.07 Å². The van der Waals surface area contributed by atoms with Crippen LogP contribution in [0.2, 0.25) is 0 Å². The molecule has 1 heterocycles. The number of hydrogen-bond donors (Lipinski definition) is 0. The number of benzene rings is 2. The quantitative estimate of drug-likeness (QED) is 0.589. The van der Waals surface area contributed by atoms with Crippen molar-refractivity contribution in [1.29, 1.82) is 0 Å². The van der Waals surface area contributed by atoms with Crippen LogP contribution in [0.1, 0.15) is 29.3 Å². The highest BCUT2D eigenvalue weighted by Crippen LogP contribution is 2.22. The second kappa shape index (κ2) is 7.01. The zero-order valence-corrected chi connectivity index (χ0v) is 14.5. The van der Waals surface area contributed by atoms with E-state index in [2.05, 4.69) is 44.9 Å². The normalized spacial score (nSPS) is 10.9. The molecule has 0 fully saturated rings. The number of esters is 1. The fraction of sp³-hybridized carbons (Fsp3) is 0.211. The van der Waals surface area contributed by atoms with Crippen LogP contribution >= 0.6 is 15.9 Å². The average Bonchev–Trinajstić information content (AvgIpc) is 2.94. The van der Waals surface area contributed by atoms with Crippen LogP contribution in [0.15, 0.2) is 59.2 Å². The maximum atomic E-state index is 12.0. The molecule has 0 unspecified atom stereocenters. The minimum absolute atomic E-state index is 0.255. The summed E-state index contributed by atoms with van der Waals surface area (Å²) in [7, 11) is 0. The molecule has 118 valence electrons. The van der Waals surface area contributed by atoms with E-state index in [1.807, 2.05) is 31.2 Å². The largest absolute Gasteiger partial charge is 0.462 e. The van der Waals surface area contributed by atoms with E-state index in [0.717, 1.165) is 23.0 Å². The van der Waals surface area contributed by atoms with E-state index in [-0.39, 0.29) is 5.97 Å². The van der Waals surface area contributed by atoms with Crippen LogP contribution in [-0.2, 0) is 11.3 Å². The monoisotopic (exact) mass is 371 g/mol. The van der Waals surface area contributed by atoms with Crippen molar-refractivity contribution in [3.63, 3.8) is 0 Å². The molecule has 1 aromatic heterocycles. The molecule has 3 nitrogen and oxygen atoms in total. The van der Waals surface area contributed by atoms with E-state index in [9.17, 15) is 4.79 Å². The Morgan fingerprint density at radius 2 is 2.04 bits per heavy atom. The van der Waals surface area contributed by atoms with E-state index in [1.165, 1.54) is 10.9 Å². The second-order valence-electron chi connectivity index (χ2n) is 5.48.